The molecule has 142 valence electrons. The van der Waals surface area contributed by atoms with Crippen molar-refractivity contribution in [2.75, 3.05) is 13.6 Å². The van der Waals surface area contributed by atoms with Crippen molar-refractivity contribution < 1.29 is 14.4 Å². The summed E-state index contributed by atoms with van der Waals surface area (Å²) in [5.41, 5.74) is -0.510. The van der Waals surface area contributed by atoms with E-state index in [9.17, 15) is 14.4 Å². The summed E-state index contributed by atoms with van der Waals surface area (Å²) in [5.74, 6) is 0.116. The monoisotopic (exact) mass is 350 g/mol. The lowest BCUT2D eigenvalue weighted by atomic mass is 9.83. The molecule has 0 aromatic heterocycles. The number of rotatable bonds is 6. The van der Waals surface area contributed by atoms with Crippen LogP contribution in [-0.2, 0) is 14.4 Å². The molecule has 1 aliphatic heterocycles. The van der Waals surface area contributed by atoms with Crippen molar-refractivity contribution in [2.45, 2.75) is 72.9 Å². The van der Waals surface area contributed by atoms with Crippen molar-refractivity contribution in [1.82, 2.24) is 9.80 Å². The summed E-state index contributed by atoms with van der Waals surface area (Å²) in [4.78, 5) is 41.4. The van der Waals surface area contributed by atoms with Crippen LogP contribution in [0.5, 0.6) is 0 Å². The van der Waals surface area contributed by atoms with Gasteiger partial charge in [0.05, 0.1) is 6.04 Å². The summed E-state index contributed by atoms with van der Waals surface area (Å²) >= 11 is 0. The second-order valence-corrected chi connectivity index (χ2v) is 8.40. The van der Waals surface area contributed by atoms with Gasteiger partial charge < -0.3 is 9.80 Å². The molecule has 5 nitrogen and oxygen atoms in total. The van der Waals surface area contributed by atoms with Crippen LogP contribution in [0.15, 0.2) is 12.2 Å². The number of likely N-dealkylation sites (N-methyl/N-ethyl adjacent to an activating group) is 1. The number of hydrogen-bond donors (Lipinski definition) is 0. The Morgan fingerprint density at radius 1 is 1.24 bits per heavy atom. The van der Waals surface area contributed by atoms with Crippen molar-refractivity contribution in [3.05, 3.63) is 12.2 Å². The van der Waals surface area contributed by atoms with E-state index >= 15 is 0 Å². The molecule has 0 radical (unpaired) electrons. The SMILES string of the molecule is C/C=C/C(=O)N1CCC[C@H]1C(=O)N(C)[C@H](CC(C)C)C(=O)C(C)(C)C. The first-order valence-corrected chi connectivity index (χ1v) is 9.25. The second kappa shape index (κ2) is 8.63. The highest BCUT2D eigenvalue weighted by atomic mass is 16.2. The van der Waals surface area contributed by atoms with Crippen molar-refractivity contribution in [3.63, 3.8) is 0 Å². The van der Waals surface area contributed by atoms with Crippen LogP contribution in [0.25, 0.3) is 0 Å². The normalized spacial score (nSPS) is 19.5. The van der Waals surface area contributed by atoms with Crippen molar-refractivity contribution in [1.29, 1.82) is 0 Å². The summed E-state index contributed by atoms with van der Waals surface area (Å²) < 4.78 is 0. The van der Waals surface area contributed by atoms with E-state index < -0.39 is 17.5 Å². The molecule has 1 heterocycles. The molecule has 2 amide bonds. The number of nitrogens with zero attached hydrogens (tertiary/aromatic N) is 2. The van der Waals surface area contributed by atoms with Gasteiger partial charge in [-0.15, -0.1) is 0 Å². The number of amides is 2. The predicted molar refractivity (Wildman–Crippen MR) is 100 cm³/mol. The highest BCUT2D eigenvalue weighted by Crippen LogP contribution is 2.26. The van der Waals surface area contributed by atoms with Gasteiger partial charge in [0, 0.05) is 19.0 Å². The molecule has 0 saturated carbocycles. The van der Waals surface area contributed by atoms with Gasteiger partial charge in [0.25, 0.3) is 0 Å². The molecule has 25 heavy (non-hydrogen) atoms. The van der Waals surface area contributed by atoms with Crippen LogP contribution in [0.3, 0.4) is 0 Å². The molecule has 5 heteroatoms. The van der Waals surface area contributed by atoms with Gasteiger partial charge in [0.1, 0.15) is 6.04 Å². The van der Waals surface area contributed by atoms with E-state index in [0.29, 0.717) is 25.3 Å². The van der Waals surface area contributed by atoms with Crippen LogP contribution >= 0.6 is 0 Å². The molecule has 0 N–H and O–H groups in total. The number of likely N-dealkylation sites (tertiary alicyclic amines) is 1. The van der Waals surface area contributed by atoms with Gasteiger partial charge >= 0.3 is 0 Å². The molecular weight excluding hydrogens is 316 g/mol. The molecule has 0 aliphatic carbocycles. The Hall–Kier alpha value is -1.65. The van der Waals surface area contributed by atoms with Crippen LogP contribution in [0, 0.1) is 11.3 Å². The molecule has 1 rings (SSSR count). The summed E-state index contributed by atoms with van der Waals surface area (Å²) in [6, 6.07) is -0.914. The van der Waals surface area contributed by atoms with Crippen LogP contribution < -0.4 is 0 Å². The molecule has 0 spiro atoms. The van der Waals surface area contributed by atoms with E-state index in [1.165, 1.54) is 6.08 Å². The summed E-state index contributed by atoms with van der Waals surface area (Å²) in [5, 5.41) is 0. The van der Waals surface area contributed by atoms with Crippen molar-refractivity contribution in [3.8, 4) is 0 Å². The van der Waals surface area contributed by atoms with Gasteiger partial charge in [0.15, 0.2) is 5.78 Å². The van der Waals surface area contributed by atoms with E-state index in [1.807, 2.05) is 20.8 Å². The number of hydrogen-bond acceptors (Lipinski definition) is 3. The number of Topliss-reactive ketones (excluding diaryl/α,β-unsaturated/α-hetero) is 1. The molecule has 1 aliphatic rings. The lowest BCUT2D eigenvalue weighted by Crippen LogP contribution is -2.53. The van der Waals surface area contributed by atoms with E-state index in [-0.39, 0.29) is 17.6 Å². The van der Waals surface area contributed by atoms with E-state index in [4.69, 9.17) is 0 Å². The Kier molecular flexibility index (Phi) is 7.39. The zero-order chi connectivity index (χ0) is 19.4. The van der Waals surface area contributed by atoms with Gasteiger partial charge in [-0.3, -0.25) is 14.4 Å². The smallest absolute Gasteiger partial charge is 0.246 e. The highest BCUT2D eigenvalue weighted by Gasteiger charge is 2.40. The largest absolute Gasteiger partial charge is 0.334 e. The molecule has 1 fully saturated rings. The fourth-order valence-corrected chi connectivity index (χ4v) is 3.30. The minimum absolute atomic E-state index is 0.0707. The molecule has 2 atom stereocenters. The molecule has 0 aromatic rings. The Balaban J connectivity index is 3.03. The van der Waals surface area contributed by atoms with Crippen molar-refractivity contribution in [2.24, 2.45) is 11.3 Å². The van der Waals surface area contributed by atoms with Gasteiger partial charge in [-0.1, -0.05) is 40.7 Å². The molecule has 0 unspecified atom stereocenters. The second-order valence-electron chi connectivity index (χ2n) is 8.40. The molecule has 1 saturated heterocycles. The van der Waals surface area contributed by atoms with Crippen LogP contribution in [0.1, 0.15) is 60.8 Å². The fourth-order valence-electron chi connectivity index (χ4n) is 3.30. The lowest BCUT2D eigenvalue weighted by molar-refractivity contribution is -0.147. The summed E-state index contributed by atoms with van der Waals surface area (Å²) in [6.07, 6.45) is 5.29. The van der Waals surface area contributed by atoms with Gasteiger partial charge in [-0.2, -0.15) is 0 Å². The van der Waals surface area contributed by atoms with E-state index in [0.717, 1.165) is 6.42 Å². The quantitative estimate of drug-likeness (QED) is 0.692. The van der Waals surface area contributed by atoms with Gasteiger partial charge in [-0.05, 0) is 38.2 Å². The third-order valence-electron chi connectivity index (χ3n) is 4.68. The maximum atomic E-state index is 13.1. The molecular formula is C20H34N2O3. The van der Waals surface area contributed by atoms with Crippen LogP contribution in [-0.4, -0.2) is 53.1 Å². The van der Waals surface area contributed by atoms with Crippen LogP contribution in [0.4, 0.5) is 0 Å². The number of allylic oxidation sites excluding steroid dienone is 1. The predicted octanol–water partition coefficient (Wildman–Crippen LogP) is 3.04. The first-order valence-electron chi connectivity index (χ1n) is 9.25. The summed E-state index contributed by atoms with van der Waals surface area (Å²) in [6.45, 7) is 12.2. The average molecular weight is 351 g/mol. The Morgan fingerprint density at radius 2 is 1.84 bits per heavy atom. The minimum Gasteiger partial charge on any atom is -0.334 e. The van der Waals surface area contributed by atoms with E-state index in [1.54, 1.807) is 29.8 Å². The maximum Gasteiger partial charge on any atom is 0.246 e. The summed E-state index contributed by atoms with van der Waals surface area (Å²) in [7, 11) is 1.70. The zero-order valence-corrected chi connectivity index (χ0v) is 16.8. The third kappa shape index (κ3) is 5.41. The van der Waals surface area contributed by atoms with Gasteiger partial charge in [0.2, 0.25) is 11.8 Å². The molecule has 0 aromatic carbocycles. The van der Waals surface area contributed by atoms with Gasteiger partial charge in [-0.25, -0.2) is 0 Å². The van der Waals surface area contributed by atoms with E-state index in [2.05, 4.69) is 13.8 Å². The standard InChI is InChI=1S/C20H34N2O3/c1-8-10-17(23)22-12-9-11-15(22)19(25)21(7)16(13-14(2)3)18(24)20(4,5)6/h8,10,14-16H,9,11-13H2,1-7H3/b10-8+/t15-,16+/m0/s1. The zero-order valence-electron chi connectivity index (χ0n) is 16.8. The number of carbonyl (C=O) groups is 3. The highest BCUT2D eigenvalue weighted by molar-refractivity contribution is 5.96. The maximum absolute atomic E-state index is 13.1. The lowest BCUT2D eigenvalue weighted by Gasteiger charge is -2.35. The minimum atomic E-state index is -0.510. The Labute approximate surface area is 152 Å². The average Bonchev–Trinajstić information content (AvgIpc) is 2.99. The Morgan fingerprint density at radius 3 is 2.32 bits per heavy atom. The third-order valence-corrected chi connectivity index (χ3v) is 4.68. The number of ketones is 1. The first-order chi connectivity index (χ1) is 11.5. The van der Waals surface area contributed by atoms with Crippen LogP contribution in [0.2, 0.25) is 0 Å². The fraction of sp³-hybridized carbons (Fsp3) is 0.750. The Bertz CT molecular complexity index is 532. The number of carbonyl (C=O) groups excluding carboxylic acids is 3. The topological polar surface area (TPSA) is 57.7 Å². The first kappa shape index (κ1) is 21.4. The molecule has 0 bridgehead atoms. The van der Waals surface area contributed by atoms with Crippen molar-refractivity contribution >= 4 is 17.6 Å².